The van der Waals surface area contributed by atoms with Gasteiger partial charge in [-0.3, -0.25) is 14.5 Å². The molecule has 1 aliphatic rings. The van der Waals surface area contributed by atoms with Crippen molar-refractivity contribution in [1.29, 1.82) is 0 Å². The Morgan fingerprint density at radius 3 is 2.55 bits per heavy atom. The van der Waals surface area contributed by atoms with Gasteiger partial charge < -0.3 is 10.3 Å². The van der Waals surface area contributed by atoms with Gasteiger partial charge in [0.25, 0.3) is 5.56 Å². The molecule has 148 valence electrons. The first-order valence-corrected chi connectivity index (χ1v) is 9.90. The number of benzene rings is 2. The van der Waals surface area contributed by atoms with Gasteiger partial charge in [0, 0.05) is 25.1 Å². The number of fused-ring (bicyclic) bond motifs is 1. The average molecular weight is 429 g/mol. The lowest BCUT2D eigenvalue weighted by molar-refractivity contribution is -0.117. The van der Waals surface area contributed by atoms with Crippen molar-refractivity contribution >= 4 is 34.8 Å². The minimum absolute atomic E-state index is 0.126. The van der Waals surface area contributed by atoms with Crippen molar-refractivity contribution in [3.05, 3.63) is 80.2 Å². The highest BCUT2D eigenvalue weighted by molar-refractivity contribution is 6.39. The molecule has 1 aliphatic heterocycles. The molecule has 0 radical (unpaired) electrons. The number of carbonyl (C=O) groups is 1. The highest BCUT2D eigenvalue weighted by Gasteiger charge is 2.23. The van der Waals surface area contributed by atoms with E-state index in [9.17, 15) is 9.59 Å². The SMILES string of the molecule is O=C(CN1CCc2nc(-c3ccccc3)[nH]c(=O)c2C1)Nc1c(Cl)cccc1Cl. The molecule has 6 nitrogen and oxygen atoms in total. The van der Waals surface area contributed by atoms with Gasteiger partial charge in [0.2, 0.25) is 5.91 Å². The van der Waals surface area contributed by atoms with Crippen LogP contribution < -0.4 is 10.9 Å². The topological polar surface area (TPSA) is 78.1 Å². The second-order valence-electron chi connectivity index (χ2n) is 6.81. The minimum Gasteiger partial charge on any atom is -0.322 e. The summed E-state index contributed by atoms with van der Waals surface area (Å²) in [7, 11) is 0. The summed E-state index contributed by atoms with van der Waals surface area (Å²) in [6.45, 7) is 1.11. The number of nitrogens with zero attached hydrogens (tertiary/aromatic N) is 2. The lowest BCUT2D eigenvalue weighted by Crippen LogP contribution is -2.40. The van der Waals surface area contributed by atoms with Crippen molar-refractivity contribution < 1.29 is 4.79 Å². The van der Waals surface area contributed by atoms with Crippen LogP contribution in [0.3, 0.4) is 0 Å². The number of halogens is 2. The summed E-state index contributed by atoms with van der Waals surface area (Å²) in [5.74, 6) is 0.322. The maximum atomic E-state index is 12.6. The number of anilines is 1. The van der Waals surface area contributed by atoms with Gasteiger partial charge in [0.1, 0.15) is 5.82 Å². The van der Waals surface area contributed by atoms with Gasteiger partial charge in [0.15, 0.2) is 0 Å². The Bertz CT molecular complexity index is 1100. The molecule has 1 aromatic heterocycles. The van der Waals surface area contributed by atoms with Crippen molar-refractivity contribution in [2.24, 2.45) is 0 Å². The number of para-hydroxylation sites is 1. The molecule has 0 aliphatic carbocycles. The summed E-state index contributed by atoms with van der Waals surface area (Å²) >= 11 is 12.2. The summed E-state index contributed by atoms with van der Waals surface area (Å²) in [5, 5.41) is 3.51. The maximum absolute atomic E-state index is 12.6. The fraction of sp³-hybridized carbons (Fsp3) is 0.190. The summed E-state index contributed by atoms with van der Waals surface area (Å²) in [4.78, 5) is 34.4. The van der Waals surface area contributed by atoms with E-state index in [-0.39, 0.29) is 18.0 Å². The summed E-state index contributed by atoms with van der Waals surface area (Å²) in [6, 6.07) is 14.6. The number of H-pyrrole nitrogens is 1. The van der Waals surface area contributed by atoms with E-state index in [2.05, 4.69) is 15.3 Å². The van der Waals surface area contributed by atoms with E-state index in [1.165, 1.54) is 0 Å². The van der Waals surface area contributed by atoms with Crippen LogP contribution in [0.2, 0.25) is 10.0 Å². The fourth-order valence-electron chi connectivity index (χ4n) is 3.35. The van der Waals surface area contributed by atoms with Crippen LogP contribution in [0, 0.1) is 0 Å². The monoisotopic (exact) mass is 428 g/mol. The van der Waals surface area contributed by atoms with Gasteiger partial charge in [-0.15, -0.1) is 0 Å². The second kappa shape index (κ2) is 8.37. The Hall–Kier alpha value is -2.67. The lowest BCUT2D eigenvalue weighted by atomic mass is 10.1. The predicted molar refractivity (Wildman–Crippen MR) is 114 cm³/mol. The molecule has 29 heavy (non-hydrogen) atoms. The van der Waals surface area contributed by atoms with Crippen LogP contribution in [0.15, 0.2) is 53.3 Å². The number of hydrogen-bond acceptors (Lipinski definition) is 4. The Labute approximate surface area is 177 Å². The van der Waals surface area contributed by atoms with E-state index in [1.807, 2.05) is 35.2 Å². The molecular weight excluding hydrogens is 411 g/mol. The molecule has 2 N–H and O–H groups in total. The van der Waals surface area contributed by atoms with Crippen LogP contribution in [0.1, 0.15) is 11.3 Å². The maximum Gasteiger partial charge on any atom is 0.255 e. The smallest absolute Gasteiger partial charge is 0.255 e. The van der Waals surface area contributed by atoms with E-state index in [4.69, 9.17) is 23.2 Å². The Kier molecular flexibility index (Phi) is 5.67. The first-order chi connectivity index (χ1) is 14.0. The molecule has 2 aromatic carbocycles. The van der Waals surface area contributed by atoms with Crippen molar-refractivity contribution in [3.8, 4) is 11.4 Å². The lowest BCUT2D eigenvalue weighted by Gasteiger charge is -2.27. The minimum atomic E-state index is -0.242. The van der Waals surface area contributed by atoms with E-state index >= 15 is 0 Å². The number of aromatic nitrogens is 2. The van der Waals surface area contributed by atoms with Crippen molar-refractivity contribution in [3.63, 3.8) is 0 Å². The summed E-state index contributed by atoms with van der Waals surface area (Å²) in [5.41, 5.74) is 2.46. The van der Waals surface area contributed by atoms with Gasteiger partial charge >= 0.3 is 0 Å². The van der Waals surface area contributed by atoms with Crippen LogP contribution in [0.5, 0.6) is 0 Å². The first kappa shape index (κ1) is 19.6. The van der Waals surface area contributed by atoms with Gasteiger partial charge in [-0.1, -0.05) is 59.6 Å². The molecule has 0 unspecified atom stereocenters. The number of rotatable bonds is 4. The number of aromatic amines is 1. The average Bonchev–Trinajstić information content (AvgIpc) is 2.72. The van der Waals surface area contributed by atoms with Crippen molar-refractivity contribution in [2.75, 3.05) is 18.4 Å². The molecule has 8 heteroatoms. The standard InChI is InChI=1S/C21H18Cl2N4O2/c22-15-7-4-8-16(23)19(15)25-18(28)12-27-10-9-17-14(11-27)21(29)26-20(24-17)13-5-2-1-3-6-13/h1-8H,9-12H2,(H,25,28)(H,24,26,29). The van der Waals surface area contributed by atoms with Crippen LogP contribution in [0.4, 0.5) is 5.69 Å². The van der Waals surface area contributed by atoms with Gasteiger partial charge in [-0.25, -0.2) is 4.98 Å². The quantitative estimate of drug-likeness (QED) is 0.663. The zero-order valence-corrected chi connectivity index (χ0v) is 16.9. The molecule has 1 amide bonds. The molecule has 3 aromatic rings. The van der Waals surface area contributed by atoms with Crippen LogP contribution in [0.25, 0.3) is 11.4 Å². The molecule has 0 atom stereocenters. The zero-order valence-electron chi connectivity index (χ0n) is 15.4. The Morgan fingerprint density at radius 1 is 1.10 bits per heavy atom. The molecule has 0 fully saturated rings. The highest BCUT2D eigenvalue weighted by atomic mass is 35.5. The third-order valence-electron chi connectivity index (χ3n) is 4.79. The third kappa shape index (κ3) is 4.34. The highest BCUT2D eigenvalue weighted by Crippen LogP contribution is 2.29. The van der Waals surface area contributed by atoms with Gasteiger partial charge in [-0.2, -0.15) is 0 Å². The molecule has 0 saturated heterocycles. The van der Waals surface area contributed by atoms with E-state index in [0.717, 1.165) is 11.3 Å². The van der Waals surface area contributed by atoms with E-state index < -0.39 is 0 Å². The van der Waals surface area contributed by atoms with Crippen molar-refractivity contribution in [1.82, 2.24) is 14.9 Å². The number of hydrogen-bond donors (Lipinski definition) is 2. The normalized spacial score (nSPS) is 13.7. The first-order valence-electron chi connectivity index (χ1n) is 9.15. The third-order valence-corrected chi connectivity index (χ3v) is 5.42. The largest absolute Gasteiger partial charge is 0.322 e. The zero-order chi connectivity index (χ0) is 20.4. The van der Waals surface area contributed by atoms with Crippen LogP contribution in [-0.2, 0) is 17.8 Å². The molecule has 2 heterocycles. The molecular formula is C21H18Cl2N4O2. The van der Waals surface area contributed by atoms with E-state index in [1.54, 1.807) is 18.2 Å². The summed E-state index contributed by atoms with van der Waals surface area (Å²) < 4.78 is 0. The Morgan fingerprint density at radius 2 is 1.83 bits per heavy atom. The van der Waals surface area contributed by atoms with E-state index in [0.29, 0.717) is 46.6 Å². The second-order valence-corrected chi connectivity index (χ2v) is 7.63. The molecule has 4 rings (SSSR count). The number of amides is 1. The van der Waals surface area contributed by atoms with Gasteiger partial charge in [0.05, 0.1) is 33.5 Å². The molecule has 0 bridgehead atoms. The molecule has 0 spiro atoms. The van der Waals surface area contributed by atoms with Crippen molar-refractivity contribution in [2.45, 2.75) is 13.0 Å². The Balaban J connectivity index is 1.48. The molecule has 0 saturated carbocycles. The predicted octanol–water partition coefficient (Wildman–Crippen LogP) is 3.74. The fourth-order valence-corrected chi connectivity index (χ4v) is 3.84. The number of nitrogens with one attached hydrogen (secondary N) is 2. The van der Waals surface area contributed by atoms with Gasteiger partial charge in [-0.05, 0) is 12.1 Å². The summed E-state index contributed by atoms with van der Waals surface area (Å²) in [6.07, 6.45) is 0.596. The van der Waals surface area contributed by atoms with Crippen LogP contribution >= 0.6 is 23.2 Å². The number of carbonyl (C=O) groups excluding carboxylic acids is 1. The van der Waals surface area contributed by atoms with Crippen LogP contribution in [-0.4, -0.2) is 33.9 Å².